The van der Waals surface area contributed by atoms with E-state index in [0.717, 1.165) is 11.1 Å². The highest BCUT2D eigenvalue weighted by Gasteiger charge is 2.21. The summed E-state index contributed by atoms with van der Waals surface area (Å²) in [5, 5.41) is 2.75. The van der Waals surface area contributed by atoms with E-state index in [2.05, 4.69) is 15.3 Å². The number of nitrogens with zero attached hydrogens (tertiary/aromatic N) is 2. The molecule has 1 amide bonds. The molecule has 1 aliphatic heterocycles. The Morgan fingerprint density at radius 2 is 1.78 bits per heavy atom. The Morgan fingerprint density at radius 1 is 1.04 bits per heavy atom. The third kappa shape index (κ3) is 3.06. The van der Waals surface area contributed by atoms with Crippen molar-refractivity contribution < 1.29 is 14.3 Å². The summed E-state index contributed by atoms with van der Waals surface area (Å²) in [6.07, 6.45) is 5.01. The van der Waals surface area contributed by atoms with Crippen molar-refractivity contribution in [3.63, 3.8) is 0 Å². The first kappa shape index (κ1) is 14.8. The minimum Gasteiger partial charge on any atom is -0.493 e. The molecule has 0 radical (unpaired) electrons. The number of hydrogen-bond donors (Lipinski definition) is 1. The molecule has 1 aromatic carbocycles. The Balaban J connectivity index is 1.93. The van der Waals surface area contributed by atoms with Gasteiger partial charge in [0.2, 0.25) is 0 Å². The quantitative estimate of drug-likeness (QED) is 0.877. The van der Waals surface area contributed by atoms with Crippen LogP contribution in [0, 0.1) is 0 Å². The van der Waals surface area contributed by atoms with Crippen LogP contribution < -0.4 is 14.8 Å². The second-order valence-corrected chi connectivity index (χ2v) is 4.79. The van der Waals surface area contributed by atoms with Crippen molar-refractivity contribution in [3.8, 4) is 11.5 Å². The lowest BCUT2D eigenvalue weighted by atomic mass is 10.1. The number of amidine groups is 1. The molecule has 2 aromatic rings. The van der Waals surface area contributed by atoms with Gasteiger partial charge in [-0.2, -0.15) is 0 Å². The molecule has 1 aliphatic rings. The van der Waals surface area contributed by atoms with Gasteiger partial charge in [0.1, 0.15) is 11.5 Å². The van der Waals surface area contributed by atoms with E-state index < -0.39 is 0 Å². The number of ether oxygens (including phenoxy) is 2. The number of benzene rings is 1. The number of carbonyl (C=O) groups excluding carboxylic acids is 1. The molecule has 0 bridgehead atoms. The average molecular weight is 309 g/mol. The predicted octanol–water partition coefficient (Wildman–Crippen LogP) is 2.02. The van der Waals surface area contributed by atoms with Crippen LogP contribution >= 0.6 is 0 Å². The summed E-state index contributed by atoms with van der Waals surface area (Å²) < 4.78 is 10.5. The van der Waals surface area contributed by atoms with Gasteiger partial charge in [-0.3, -0.25) is 9.78 Å². The van der Waals surface area contributed by atoms with Gasteiger partial charge in [-0.05, 0) is 35.9 Å². The van der Waals surface area contributed by atoms with Gasteiger partial charge < -0.3 is 14.8 Å². The van der Waals surface area contributed by atoms with Crippen molar-refractivity contribution in [1.82, 2.24) is 10.3 Å². The molecule has 0 spiro atoms. The van der Waals surface area contributed by atoms with Crippen LogP contribution in [0.5, 0.6) is 11.5 Å². The number of amides is 1. The Morgan fingerprint density at radius 3 is 2.48 bits per heavy atom. The fourth-order valence-corrected chi connectivity index (χ4v) is 2.22. The van der Waals surface area contributed by atoms with Gasteiger partial charge in [-0.1, -0.05) is 6.07 Å². The minimum atomic E-state index is -0.244. The van der Waals surface area contributed by atoms with Crippen LogP contribution in [-0.2, 0) is 4.79 Å². The van der Waals surface area contributed by atoms with Gasteiger partial charge in [0, 0.05) is 18.0 Å². The number of pyridine rings is 1. The zero-order valence-corrected chi connectivity index (χ0v) is 12.7. The molecule has 23 heavy (non-hydrogen) atoms. The lowest BCUT2D eigenvalue weighted by Crippen LogP contribution is -2.24. The van der Waals surface area contributed by atoms with Crippen molar-refractivity contribution in [2.75, 3.05) is 14.2 Å². The molecule has 0 aliphatic carbocycles. The summed E-state index contributed by atoms with van der Waals surface area (Å²) in [6, 6.07) is 8.99. The van der Waals surface area contributed by atoms with Gasteiger partial charge in [-0.25, -0.2) is 4.99 Å². The van der Waals surface area contributed by atoms with Crippen molar-refractivity contribution >= 4 is 17.8 Å². The molecule has 0 saturated carbocycles. The molecular formula is C17H15N3O3. The Labute approximate surface area is 133 Å². The fourth-order valence-electron chi connectivity index (χ4n) is 2.22. The maximum atomic E-state index is 12.1. The van der Waals surface area contributed by atoms with Crippen LogP contribution in [0.25, 0.3) is 6.08 Å². The van der Waals surface area contributed by atoms with E-state index in [1.807, 2.05) is 6.07 Å². The number of rotatable bonds is 4. The summed E-state index contributed by atoms with van der Waals surface area (Å²) in [6.45, 7) is 0. The molecule has 0 fully saturated rings. The van der Waals surface area contributed by atoms with E-state index in [1.54, 1.807) is 57.0 Å². The zero-order valence-electron chi connectivity index (χ0n) is 12.7. The van der Waals surface area contributed by atoms with Gasteiger partial charge in [0.05, 0.1) is 14.2 Å². The lowest BCUT2D eigenvalue weighted by molar-refractivity contribution is -0.115. The topological polar surface area (TPSA) is 72.8 Å². The van der Waals surface area contributed by atoms with Gasteiger partial charge in [0.25, 0.3) is 5.91 Å². The van der Waals surface area contributed by atoms with Gasteiger partial charge >= 0.3 is 0 Å². The second-order valence-electron chi connectivity index (χ2n) is 4.79. The second kappa shape index (κ2) is 6.31. The standard InChI is InChI=1S/C17H15N3O3/c1-22-14-4-3-11(10-15(14)23-2)9-13-17(21)20-16(19-13)12-5-7-18-8-6-12/h3-10H,1-2H3,(H,19,20,21)/b13-9+. The first-order valence-electron chi connectivity index (χ1n) is 6.95. The molecule has 3 rings (SSSR count). The van der Waals surface area contributed by atoms with E-state index in [0.29, 0.717) is 23.0 Å². The number of aliphatic imine (C=N–C) groups is 1. The van der Waals surface area contributed by atoms with Crippen LogP contribution in [0.3, 0.4) is 0 Å². The van der Waals surface area contributed by atoms with Crippen LogP contribution in [0.2, 0.25) is 0 Å². The number of nitrogens with one attached hydrogen (secondary N) is 1. The maximum Gasteiger partial charge on any atom is 0.275 e. The highest BCUT2D eigenvalue weighted by molar-refractivity contribution is 6.19. The Kier molecular flexibility index (Phi) is 4.05. The fraction of sp³-hybridized carbons (Fsp3) is 0.118. The monoisotopic (exact) mass is 309 g/mol. The molecule has 2 heterocycles. The summed E-state index contributed by atoms with van der Waals surface area (Å²) in [7, 11) is 3.14. The highest BCUT2D eigenvalue weighted by atomic mass is 16.5. The molecule has 0 atom stereocenters. The Hall–Kier alpha value is -3.15. The molecule has 1 N–H and O–H groups in total. The Bertz CT molecular complexity index is 798. The van der Waals surface area contributed by atoms with E-state index in [9.17, 15) is 4.79 Å². The summed E-state index contributed by atoms with van der Waals surface area (Å²) in [4.78, 5) is 20.4. The van der Waals surface area contributed by atoms with Crippen molar-refractivity contribution in [2.24, 2.45) is 4.99 Å². The lowest BCUT2D eigenvalue weighted by Gasteiger charge is -2.07. The van der Waals surface area contributed by atoms with E-state index >= 15 is 0 Å². The molecule has 6 heteroatoms. The van der Waals surface area contributed by atoms with Gasteiger partial charge in [0.15, 0.2) is 11.5 Å². The molecule has 6 nitrogen and oxygen atoms in total. The molecule has 1 aromatic heterocycles. The zero-order chi connectivity index (χ0) is 16.2. The summed E-state index contributed by atoms with van der Waals surface area (Å²) in [5.74, 6) is 1.50. The van der Waals surface area contributed by atoms with E-state index in [4.69, 9.17) is 9.47 Å². The number of carbonyl (C=O) groups is 1. The van der Waals surface area contributed by atoms with Crippen LogP contribution in [0.1, 0.15) is 11.1 Å². The third-order valence-electron chi connectivity index (χ3n) is 3.36. The van der Waals surface area contributed by atoms with E-state index in [1.165, 1.54) is 0 Å². The largest absolute Gasteiger partial charge is 0.493 e. The molecule has 116 valence electrons. The normalized spacial score (nSPS) is 15.3. The smallest absolute Gasteiger partial charge is 0.275 e. The summed E-state index contributed by atoms with van der Waals surface area (Å²) in [5.41, 5.74) is 1.95. The first-order chi connectivity index (χ1) is 11.2. The van der Waals surface area contributed by atoms with Crippen molar-refractivity contribution in [3.05, 3.63) is 59.5 Å². The number of aromatic nitrogens is 1. The molecule has 0 unspecified atom stereocenters. The maximum absolute atomic E-state index is 12.1. The number of methoxy groups -OCH3 is 2. The van der Waals surface area contributed by atoms with Crippen molar-refractivity contribution in [1.29, 1.82) is 0 Å². The summed E-state index contributed by atoms with van der Waals surface area (Å²) >= 11 is 0. The molecule has 0 saturated heterocycles. The van der Waals surface area contributed by atoms with E-state index in [-0.39, 0.29) is 5.91 Å². The predicted molar refractivity (Wildman–Crippen MR) is 86.4 cm³/mol. The minimum absolute atomic E-state index is 0.244. The third-order valence-corrected chi connectivity index (χ3v) is 3.36. The van der Waals surface area contributed by atoms with Gasteiger partial charge in [-0.15, -0.1) is 0 Å². The van der Waals surface area contributed by atoms with Crippen LogP contribution in [0.15, 0.2) is 53.4 Å². The number of hydrogen-bond acceptors (Lipinski definition) is 5. The first-order valence-corrected chi connectivity index (χ1v) is 6.95. The van der Waals surface area contributed by atoms with Crippen LogP contribution in [0.4, 0.5) is 0 Å². The SMILES string of the molecule is COc1ccc(/C=C2/N=C(c3ccncc3)NC2=O)cc1OC. The highest BCUT2D eigenvalue weighted by Crippen LogP contribution is 2.28. The molecular weight excluding hydrogens is 294 g/mol. The average Bonchev–Trinajstić information content (AvgIpc) is 2.96. The van der Waals surface area contributed by atoms with Crippen molar-refractivity contribution in [2.45, 2.75) is 0 Å². The van der Waals surface area contributed by atoms with Crippen LogP contribution in [-0.4, -0.2) is 30.9 Å².